The van der Waals surface area contributed by atoms with Gasteiger partial charge in [-0.1, -0.05) is 43.1 Å². The SMILES string of the molecule is Cc1ccc(-n2nc(C(C)C)c(C#N)c2Cl)cc1. The summed E-state index contributed by atoms with van der Waals surface area (Å²) >= 11 is 6.23. The summed E-state index contributed by atoms with van der Waals surface area (Å²) in [5.74, 6) is 0.170. The molecule has 2 aromatic rings. The van der Waals surface area contributed by atoms with Crippen molar-refractivity contribution < 1.29 is 0 Å². The zero-order chi connectivity index (χ0) is 13.3. The van der Waals surface area contributed by atoms with Gasteiger partial charge in [0.05, 0.1) is 11.4 Å². The molecular formula is C14H14ClN3. The van der Waals surface area contributed by atoms with Gasteiger partial charge in [0.1, 0.15) is 11.6 Å². The highest BCUT2D eigenvalue weighted by atomic mass is 35.5. The molecule has 2 rings (SSSR count). The van der Waals surface area contributed by atoms with Gasteiger partial charge in [0.2, 0.25) is 0 Å². The molecule has 0 bridgehead atoms. The average Bonchev–Trinajstić information content (AvgIpc) is 2.67. The van der Waals surface area contributed by atoms with E-state index >= 15 is 0 Å². The number of halogens is 1. The molecule has 1 aromatic carbocycles. The molecule has 4 heteroatoms. The van der Waals surface area contributed by atoms with Crippen LogP contribution >= 0.6 is 11.6 Å². The Morgan fingerprint density at radius 1 is 1.28 bits per heavy atom. The number of nitriles is 1. The highest BCUT2D eigenvalue weighted by Gasteiger charge is 2.19. The molecule has 0 saturated heterocycles. The van der Waals surface area contributed by atoms with Crippen molar-refractivity contribution in [3.8, 4) is 11.8 Å². The van der Waals surface area contributed by atoms with Crippen molar-refractivity contribution in [2.45, 2.75) is 26.7 Å². The Kier molecular flexibility index (Phi) is 3.40. The fourth-order valence-corrected chi connectivity index (χ4v) is 2.05. The topological polar surface area (TPSA) is 41.6 Å². The molecule has 0 atom stereocenters. The number of hydrogen-bond donors (Lipinski definition) is 0. The van der Waals surface area contributed by atoms with Gasteiger partial charge in [-0.3, -0.25) is 0 Å². The second-order valence-corrected chi connectivity index (χ2v) is 4.92. The maximum absolute atomic E-state index is 9.16. The first-order chi connectivity index (χ1) is 8.54. The van der Waals surface area contributed by atoms with Gasteiger partial charge in [-0.2, -0.15) is 10.4 Å². The molecule has 0 amide bonds. The predicted molar refractivity (Wildman–Crippen MR) is 72.1 cm³/mol. The lowest BCUT2D eigenvalue weighted by Crippen LogP contribution is -1.98. The smallest absolute Gasteiger partial charge is 0.150 e. The fourth-order valence-electron chi connectivity index (χ4n) is 1.78. The van der Waals surface area contributed by atoms with Gasteiger partial charge >= 0.3 is 0 Å². The van der Waals surface area contributed by atoms with Crippen molar-refractivity contribution in [2.24, 2.45) is 0 Å². The van der Waals surface area contributed by atoms with Crippen molar-refractivity contribution in [3.05, 3.63) is 46.2 Å². The Labute approximate surface area is 112 Å². The van der Waals surface area contributed by atoms with Crippen molar-refractivity contribution in [1.29, 1.82) is 5.26 Å². The number of benzene rings is 1. The summed E-state index contributed by atoms with van der Waals surface area (Å²) in [4.78, 5) is 0. The molecule has 0 aliphatic carbocycles. The van der Waals surface area contributed by atoms with Gasteiger partial charge in [0.15, 0.2) is 5.15 Å². The molecule has 92 valence electrons. The van der Waals surface area contributed by atoms with E-state index in [0.29, 0.717) is 10.7 Å². The van der Waals surface area contributed by atoms with Gasteiger partial charge in [-0.15, -0.1) is 0 Å². The molecule has 3 nitrogen and oxygen atoms in total. The van der Waals surface area contributed by atoms with Crippen molar-refractivity contribution in [3.63, 3.8) is 0 Å². The molecule has 0 N–H and O–H groups in total. The largest absolute Gasteiger partial charge is 0.221 e. The summed E-state index contributed by atoms with van der Waals surface area (Å²) in [6, 6.07) is 10.0. The molecule has 0 radical (unpaired) electrons. The lowest BCUT2D eigenvalue weighted by atomic mass is 10.1. The summed E-state index contributed by atoms with van der Waals surface area (Å²) in [6.07, 6.45) is 0. The van der Waals surface area contributed by atoms with Crippen molar-refractivity contribution in [2.75, 3.05) is 0 Å². The minimum Gasteiger partial charge on any atom is -0.221 e. The van der Waals surface area contributed by atoms with E-state index in [9.17, 15) is 0 Å². The molecule has 0 aliphatic heterocycles. The van der Waals surface area contributed by atoms with E-state index < -0.39 is 0 Å². The Bertz CT molecular complexity index is 603. The second kappa shape index (κ2) is 4.83. The second-order valence-electron chi connectivity index (χ2n) is 4.56. The van der Waals surface area contributed by atoms with E-state index in [1.165, 1.54) is 5.56 Å². The van der Waals surface area contributed by atoms with E-state index in [4.69, 9.17) is 16.9 Å². The Balaban J connectivity index is 2.59. The lowest BCUT2D eigenvalue weighted by molar-refractivity contribution is 0.767. The van der Waals surface area contributed by atoms with E-state index in [1.54, 1.807) is 4.68 Å². The van der Waals surface area contributed by atoms with Crippen LogP contribution in [0.1, 0.15) is 36.6 Å². The van der Waals surface area contributed by atoms with Gasteiger partial charge in [-0.25, -0.2) is 4.68 Å². The summed E-state index contributed by atoms with van der Waals surface area (Å²) < 4.78 is 1.62. The van der Waals surface area contributed by atoms with Crippen LogP contribution in [0.25, 0.3) is 5.69 Å². The Hall–Kier alpha value is -1.79. The number of nitrogens with zero attached hydrogens (tertiary/aromatic N) is 3. The summed E-state index contributed by atoms with van der Waals surface area (Å²) in [7, 11) is 0. The normalized spacial score (nSPS) is 10.7. The quantitative estimate of drug-likeness (QED) is 0.822. The summed E-state index contributed by atoms with van der Waals surface area (Å²) in [5.41, 5.74) is 3.25. The molecule has 0 spiro atoms. The van der Waals surface area contributed by atoms with Gasteiger partial charge < -0.3 is 0 Å². The minimum absolute atomic E-state index is 0.170. The maximum Gasteiger partial charge on any atom is 0.150 e. The maximum atomic E-state index is 9.16. The predicted octanol–water partition coefficient (Wildman–Crippen LogP) is 3.83. The first kappa shape index (κ1) is 12.7. The first-order valence-electron chi connectivity index (χ1n) is 5.80. The monoisotopic (exact) mass is 259 g/mol. The van der Waals surface area contributed by atoms with Crippen LogP contribution in [0, 0.1) is 18.3 Å². The molecule has 0 unspecified atom stereocenters. The van der Waals surface area contributed by atoms with Gasteiger partial charge in [-0.05, 0) is 25.0 Å². The van der Waals surface area contributed by atoms with Crippen LogP contribution < -0.4 is 0 Å². The van der Waals surface area contributed by atoms with E-state index in [-0.39, 0.29) is 5.92 Å². The zero-order valence-corrected chi connectivity index (χ0v) is 11.4. The van der Waals surface area contributed by atoms with Gasteiger partial charge in [0.25, 0.3) is 0 Å². The first-order valence-corrected chi connectivity index (χ1v) is 6.18. The third kappa shape index (κ3) is 2.12. The summed E-state index contributed by atoms with van der Waals surface area (Å²) in [6.45, 7) is 6.02. The fraction of sp³-hybridized carbons (Fsp3) is 0.286. The van der Waals surface area contributed by atoms with Gasteiger partial charge in [0, 0.05) is 0 Å². The zero-order valence-electron chi connectivity index (χ0n) is 10.6. The Morgan fingerprint density at radius 2 is 1.89 bits per heavy atom. The van der Waals surface area contributed by atoms with Crippen LogP contribution in [-0.2, 0) is 0 Å². The molecule has 0 fully saturated rings. The molecule has 1 heterocycles. The van der Waals surface area contributed by atoms with Crippen LogP contribution in [0.5, 0.6) is 0 Å². The molecule has 0 aliphatic rings. The van der Waals surface area contributed by atoms with Crippen molar-refractivity contribution in [1.82, 2.24) is 9.78 Å². The molecular weight excluding hydrogens is 246 g/mol. The third-order valence-corrected chi connectivity index (χ3v) is 3.14. The molecule has 18 heavy (non-hydrogen) atoms. The highest BCUT2D eigenvalue weighted by molar-refractivity contribution is 6.31. The van der Waals surface area contributed by atoms with Crippen molar-refractivity contribution >= 4 is 11.6 Å². The summed E-state index contributed by atoms with van der Waals surface area (Å²) in [5, 5.41) is 14.0. The van der Waals surface area contributed by atoms with Crippen LogP contribution in [0.4, 0.5) is 0 Å². The van der Waals surface area contributed by atoms with Crippen LogP contribution in [-0.4, -0.2) is 9.78 Å². The molecule has 1 aromatic heterocycles. The Morgan fingerprint density at radius 3 is 2.33 bits per heavy atom. The average molecular weight is 260 g/mol. The molecule has 0 saturated carbocycles. The van der Waals surface area contributed by atoms with E-state index in [2.05, 4.69) is 11.2 Å². The lowest BCUT2D eigenvalue weighted by Gasteiger charge is -2.03. The van der Waals surface area contributed by atoms with Crippen LogP contribution in [0.2, 0.25) is 5.15 Å². The number of hydrogen-bond acceptors (Lipinski definition) is 2. The third-order valence-electron chi connectivity index (χ3n) is 2.79. The van der Waals surface area contributed by atoms with Crippen LogP contribution in [0.15, 0.2) is 24.3 Å². The van der Waals surface area contributed by atoms with E-state index in [0.717, 1.165) is 11.4 Å². The number of aryl methyl sites for hydroxylation is 1. The highest BCUT2D eigenvalue weighted by Crippen LogP contribution is 2.27. The number of rotatable bonds is 2. The standard InChI is InChI=1S/C14H14ClN3/c1-9(2)13-12(8-16)14(15)18(17-13)11-6-4-10(3)5-7-11/h4-7,9H,1-3H3. The number of aromatic nitrogens is 2. The van der Waals surface area contributed by atoms with Crippen LogP contribution in [0.3, 0.4) is 0 Å². The van der Waals surface area contributed by atoms with E-state index in [1.807, 2.05) is 45.0 Å². The minimum atomic E-state index is 0.170.